The Balaban J connectivity index is 2.34. The largest absolute Gasteiger partial charge is 0.384 e. The van der Waals surface area contributed by atoms with Crippen LogP contribution in [-0.2, 0) is 5.60 Å². The molecule has 2 atom stereocenters. The van der Waals surface area contributed by atoms with E-state index in [9.17, 15) is 5.11 Å². The second kappa shape index (κ2) is 4.44. The maximum absolute atomic E-state index is 10.8. The lowest BCUT2D eigenvalue weighted by Crippen LogP contribution is -2.37. The van der Waals surface area contributed by atoms with Gasteiger partial charge in [-0.05, 0) is 30.2 Å². The summed E-state index contributed by atoms with van der Waals surface area (Å²) in [7, 11) is 0. The van der Waals surface area contributed by atoms with Gasteiger partial charge >= 0.3 is 0 Å². The summed E-state index contributed by atoms with van der Waals surface area (Å²) in [5.41, 5.74) is -0.655. The summed E-state index contributed by atoms with van der Waals surface area (Å²) in [4.78, 5) is 0.982. The van der Waals surface area contributed by atoms with Crippen LogP contribution in [0.1, 0.15) is 43.9 Å². The highest BCUT2D eigenvalue weighted by molar-refractivity contribution is 7.10. The van der Waals surface area contributed by atoms with Crippen molar-refractivity contribution in [3.8, 4) is 0 Å². The van der Waals surface area contributed by atoms with Gasteiger partial charge in [0.15, 0.2) is 0 Å². The Labute approximate surface area is 100 Å². The molecule has 0 radical (unpaired) electrons. The predicted molar refractivity (Wildman–Crippen MR) is 65.5 cm³/mol. The molecular weight excluding hydrogens is 228 g/mol. The molecule has 0 amide bonds. The molecule has 1 aromatic rings. The number of thiophene rings is 1. The van der Waals surface area contributed by atoms with Crippen molar-refractivity contribution < 1.29 is 5.11 Å². The molecule has 2 rings (SSSR count). The first-order chi connectivity index (χ1) is 7.18. The number of hydrogen-bond donors (Lipinski definition) is 1. The van der Waals surface area contributed by atoms with Gasteiger partial charge in [0.2, 0.25) is 0 Å². The molecule has 1 saturated carbocycles. The van der Waals surface area contributed by atoms with E-state index in [1.54, 1.807) is 11.3 Å². The Morgan fingerprint density at radius 2 is 2.40 bits per heavy atom. The van der Waals surface area contributed by atoms with Crippen LogP contribution >= 0.6 is 22.9 Å². The first-order valence-electron chi connectivity index (χ1n) is 5.64. The molecule has 0 spiro atoms. The second-order valence-corrected chi connectivity index (χ2v) is 5.70. The smallest absolute Gasteiger partial charge is 0.103 e. The van der Waals surface area contributed by atoms with Crippen LogP contribution in [-0.4, -0.2) is 5.11 Å². The number of aliphatic hydroxyl groups is 1. The standard InChI is InChI=1S/C12H17ClOS/c1-2-9-5-3-4-7-12(9,14)11-10(13)6-8-15-11/h6,8-9,14H,2-5,7H2,1H3. The predicted octanol–water partition coefficient (Wildman–Crippen LogP) is 4.19. The normalized spacial score (nSPS) is 31.8. The lowest BCUT2D eigenvalue weighted by atomic mass is 9.73. The molecule has 1 aromatic heterocycles. The second-order valence-electron chi connectivity index (χ2n) is 4.37. The molecular formula is C12H17ClOS. The molecule has 2 unspecified atom stereocenters. The summed E-state index contributed by atoms with van der Waals surface area (Å²) >= 11 is 7.73. The number of hydrogen-bond acceptors (Lipinski definition) is 2. The summed E-state index contributed by atoms with van der Waals surface area (Å²) in [5, 5.41) is 13.5. The van der Waals surface area contributed by atoms with E-state index in [4.69, 9.17) is 11.6 Å². The zero-order valence-electron chi connectivity index (χ0n) is 9.00. The Bertz CT molecular complexity index is 336. The van der Waals surface area contributed by atoms with Crippen LogP contribution in [0, 0.1) is 5.92 Å². The third-order valence-corrected chi connectivity index (χ3v) is 5.05. The van der Waals surface area contributed by atoms with E-state index in [0.717, 1.165) is 35.6 Å². The monoisotopic (exact) mass is 244 g/mol. The van der Waals surface area contributed by atoms with Crippen LogP contribution in [0.15, 0.2) is 11.4 Å². The van der Waals surface area contributed by atoms with Gasteiger partial charge in [0.1, 0.15) is 5.60 Å². The molecule has 1 N–H and O–H groups in total. The van der Waals surface area contributed by atoms with Crippen LogP contribution in [0.25, 0.3) is 0 Å². The summed E-state index contributed by atoms with van der Waals surface area (Å²) < 4.78 is 0. The van der Waals surface area contributed by atoms with Crippen molar-refractivity contribution >= 4 is 22.9 Å². The average Bonchev–Trinajstić information content (AvgIpc) is 2.66. The maximum Gasteiger partial charge on any atom is 0.103 e. The van der Waals surface area contributed by atoms with Crippen molar-refractivity contribution in [2.45, 2.75) is 44.6 Å². The van der Waals surface area contributed by atoms with Crippen LogP contribution in [0.3, 0.4) is 0 Å². The van der Waals surface area contributed by atoms with Crippen LogP contribution < -0.4 is 0 Å². The van der Waals surface area contributed by atoms with E-state index in [1.807, 2.05) is 11.4 Å². The van der Waals surface area contributed by atoms with E-state index in [1.165, 1.54) is 6.42 Å². The third kappa shape index (κ3) is 1.95. The molecule has 0 saturated heterocycles. The fourth-order valence-corrected chi connectivity index (χ4v) is 4.10. The molecule has 3 heteroatoms. The SMILES string of the molecule is CCC1CCCCC1(O)c1sccc1Cl. The van der Waals surface area contributed by atoms with Gasteiger partial charge in [-0.1, -0.05) is 37.8 Å². The van der Waals surface area contributed by atoms with Crippen LogP contribution in [0.2, 0.25) is 5.02 Å². The van der Waals surface area contributed by atoms with Crippen molar-refractivity contribution in [2.24, 2.45) is 5.92 Å². The first-order valence-corrected chi connectivity index (χ1v) is 6.90. The highest BCUT2D eigenvalue weighted by Crippen LogP contribution is 2.47. The Hall–Kier alpha value is -0.0500. The summed E-state index contributed by atoms with van der Waals surface area (Å²) in [6.07, 6.45) is 5.38. The number of rotatable bonds is 2. The summed E-state index contributed by atoms with van der Waals surface area (Å²) in [6.45, 7) is 2.16. The lowest BCUT2D eigenvalue weighted by Gasteiger charge is -2.39. The Morgan fingerprint density at radius 1 is 1.60 bits per heavy atom. The van der Waals surface area contributed by atoms with Gasteiger partial charge in [-0.3, -0.25) is 0 Å². The highest BCUT2D eigenvalue weighted by Gasteiger charge is 2.41. The van der Waals surface area contributed by atoms with Gasteiger partial charge < -0.3 is 5.11 Å². The Morgan fingerprint density at radius 3 is 3.00 bits per heavy atom. The van der Waals surface area contributed by atoms with Crippen LogP contribution in [0.5, 0.6) is 0 Å². The van der Waals surface area contributed by atoms with E-state index in [-0.39, 0.29) is 0 Å². The molecule has 0 aliphatic heterocycles. The minimum atomic E-state index is -0.655. The molecule has 1 fully saturated rings. The summed E-state index contributed by atoms with van der Waals surface area (Å²) in [6, 6.07) is 1.89. The number of halogens is 1. The van der Waals surface area contributed by atoms with Gasteiger partial charge in [0.25, 0.3) is 0 Å². The molecule has 15 heavy (non-hydrogen) atoms. The van der Waals surface area contributed by atoms with Crippen molar-refractivity contribution in [3.63, 3.8) is 0 Å². The minimum Gasteiger partial charge on any atom is -0.384 e. The molecule has 84 valence electrons. The zero-order chi connectivity index (χ0) is 10.9. The third-order valence-electron chi connectivity index (χ3n) is 3.54. The van der Waals surface area contributed by atoms with Gasteiger partial charge in [-0.2, -0.15) is 0 Å². The topological polar surface area (TPSA) is 20.2 Å². The van der Waals surface area contributed by atoms with E-state index < -0.39 is 5.60 Å². The molecule has 0 bridgehead atoms. The van der Waals surface area contributed by atoms with Crippen molar-refractivity contribution in [2.75, 3.05) is 0 Å². The maximum atomic E-state index is 10.8. The van der Waals surface area contributed by atoms with Gasteiger partial charge in [-0.25, -0.2) is 0 Å². The van der Waals surface area contributed by atoms with E-state index in [2.05, 4.69) is 6.92 Å². The molecule has 0 aromatic carbocycles. The van der Waals surface area contributed by atoms with Crippen molar-refractivity contribution in [1.82, 2.24) is 0 Å². The van der Waals surface area contributed by atoms with Crippen molar-refractivity contribution in [3.05, 3.63) is 21.3 Å². The fraction of sp³-hybridized carbons (Fsp3) is 0.667. The molecule has 1 heterocycles. The van der Waals surface area contributed by atoms with Gasteiger partial charge in [-0.15, -0.1) is 11.3 Å². The van der Waals surface area contributed by atoms with Gasteiger partial charge in [0.05, 0.1) is 9.90 Å². The molecule has 1 aliphatic rings. The highest BCUT2D eigenvalue weighted by atomic mass is 35.5. The van der Waals surface area contributed by atoms with Crippen LogP contribution in [0.4, 0.5) is 0 Å². The molecule has 1 aliphatic carbocycles. The Kier molecular flexibility index (Phi) is 3.39. The fourth-order valence-electron chi connectivity index (χ4n) is 2.67. The average molecular weight is 245 g/mol. The van der Waals surface area contributed by atoms with E-state index in [0.29, 0.717) is 5.92 Å². The minimum absolute atomic E-state index is 0.377. The first kappa shape index (κ1) is 11.4. The lowest BCUT2D eigenvalue weighted by molar-refractivity contribution is -0.0525. The van der Waals surface area contributed by atoms with Crippen molar-refractivity contribution in [1.29, 1.82) is 0 Å². The van der Waals surface area contributed by atoms with Gasteiger partial charge in [0, 0.05) is 0 Å². The zero-order valence-corrected chi connectivity index (χ0v) is 10.6. The summed E-state index contributed by atoms with van der Waals surface area (Å²) in [5.74, 6) is 0.377. The molecule has 1 nitrogen and oxygen atoms in total. The quantitative estimate of drug-likeness (QED) is 0.827. The van der Waals surface area contributed by atoms with E-state index >= 15 is 0 Å².